The molecule has 2 aromatic carbocycles. The summed E-state index contributed by atoms with van der Waals surface area (Å²) in [5.41, 5.74) is 2.97. The van der Waals surface area contributed by atoms with Crippen LogP contribution in [0.5, 0.6) is 11.5 Å². The van der Waals surface area contributed by atoms with E-state index in [1.54, 1.807) is 49.4 Å². The number of amides is 2. The van der Waals surface area contributed by atoms with Crippen LogP contribution >= 0.6 is 11.3 Å². The Kier molecular flexibility index (Phi) is 5.13. The lowest BCUT2D eigenvalue weighted by Crippen LogP contribution is -2.48. The van der Waals surface area contributed by atoms with Gasteiger partial charge in [-0.3, -0.25) is 19.3 Å². The van der Waals surface area contributed by atoms with Crippen molar-refractivity contribution < 1.29 is 23.9 Å². The van der Waals surface area contributed by atoms with E-state index in [2.05, 4.69) is 10.3 Å². The maximum Gasteiger partial charge on any atom is 0.265 e. The van der Waals surface area contributed by atoms with Gasteiger partial charge in [-0.1, -0.05) is 0 Å². The molecule has 2 aliphatic rings. The minimum absolute atomic E-state index is 0.147. The van der Waals surface area contributed by atoms with Gasteiger partial charge in [0.2, 0.25) is 0 Å². The van der Waals surface area contributed by atoms with Crippen LogP contribution in [0.4, 0.5) is 11.4 Å². The van der Waals surface area contributed by atoms with Crippen LogP contribution in [-0.2, 0) is 9.59 Å². The number of ketones is 1. The van der Waals surface area contributed by atoms with Crippen molar-refractivity contribution in [3.05, 3.63) is 52.3 Å². The molecule has 2 atom stereocenters. The van der Waals surface area contributed by atoms with Crippen molar-refractivity contribution in [2.75, 3.05) is 16.8 Å². The summed E-state index contributed by atoms with van der Waals surface area (Å²) in [6.45, 7) is 5.12. The third-order valence-corrected chi connectivity index (χ3v) is 6.49. The van der Waals surface area contributed by atoms with Gasteiger partial charge in [-0.25, -0.2) is 4.98 Å². The number of nitrogens with zero attached hydrogens (tertiary/aromatic N) is 2. The summed E-state index contributed by atoms with van der Waals surface area (Å²) in [5, 5.41) is 5.64. The molecule has 0 bridgehead atoms. The van der Waals surface area contributed by atoms with Crippen LogP contribution in [0.3, 0.4) is 0 Å². The second-order valence-electron chi connectivity index (χ2n) is 7.99. The van der Waals surface area contributed by atoms with Gasteiger partial charge >= 0.3 is 0 Å². The highest BCUT2D eigenvalue weighted by molar-refractivity contribution is 7.09. The molecule has 3 heterocycles. The molecule has 2 amide bonds. The van der Waals surface area contributed by atoms with Crippen LogP contribution in [0.2, 0.25) is 0 Å². The Bertz CT molecular complexity index is 1300. The van der Waals surface area contributed by atoms with E-state index in [0.717, 1.165) is 16.3 Å². The Morgan fingerprint density at radius 2 is 2.00 bits per heavy atom. The maximum absolute atomic E-state index is 13.4. The van der Waals surface area contributed by atoms with Gasteiger partial charge in [0.05, 0.1) is 28.1 Å². The molecule has 2 unspecified atom stereocenters. The summed E-state index contributed by atoms with van der Waals surface area (Å²) >= 11 is 1.54. The topological polar surface area (TPSA) is 97.8 Å². The molecule has 0 aliphatic carbocycles. The highest BCUT2D eigenvalue weighted by Crippen LogP contribution is 2.38. The van der Waals surface area contributed by atoms with E-state index in [1.807, 2.05) is 24.4 Å². The first-order valence-electron chi connectivity index (χ1n) is 10.5. The van der Waals surface area contributed by atoms with E-state index >= 15 is 0 Å². The number of aromatic nitrogens is 1. The second-order valence-corrected chi connectivity index (χ2v) is 9.05. The van der Waals surface area contributed by atoms with Gasteiger partial charge in [-0.15, -0.1) is 11.3 Å². The lowest BCUT2D eigenvalue weighted by molar-refractivity contribution is -0.123. The van der Waals surface area contributed by atoms with Crippen LogP contribution in [0.15, 0.2) is 41.8 Å². The molecule has 0 fully saturated rings. The summed E-state index contributed by atoms with van der Waals surface area (Å²) in [6, 6.07) is 9.60. The standard InChI is InChI=1S/C24H21N3O5S/c1-12(23(29)16-5-6-20-17(8-16)26-24(30)13(2)32-20)27-19-9-15(18-11-33-14(3)25-18)4-7-21(19)31-10-22(27)28/h4-9,11-13H,10H2,1-3H3,(H,26,30). The molecule has 3 aromatic rings. The van der Waals surface area contributed by atoms with Crippen molar-refractivity contribution in [2.45, 2.75) is 32.9 Å². The minimum atomic E-state index is -0.787. The Morgan fingerprint density at radius 1 is 1.21 bits per heavy atom. The molecule has 1 aromatic heterocycles. The van der Waals surface area contributed by atoms with E-state index in [1.165, 1.54) is 4.90 Å². The first kappa shape index (κ1) is 21.1. The van der Waals surface area contributed by atoms with E-state index in [9.17, 15) is 14.4 Å². The smallest absolute Gasteiger partial charge is 0.265 e. The molecule has 1 N–H and O–H groups in total. The fourth-order valence-electron chi connectivity index (χ4n) is 3.97. The molecule has 0 saturated heterocycles. The Hall–Kier alpha value is -3.72. The average Bonchev–Trinajstić information content (AvgIpc) is 3.24. The molecule has 8 nitrogen and oxygen atoms in total. The molecular weight excluding hydrogens is 442 g/mol. The highest BCUT2D eigenvalue weighted by atomic mass is 32.1. The Balaban J connectivity index is 1.48. The second kappa shape index (κ2) is 8.00. The number of benzene rings is 2. The number of carbonyl (C=O) groups is 3. The zero-order chi connectivity index (χ0) is 23.3. The number of hydrogen-bond acceptors (Lipinski definition) is 7. The van der Waals surface area contributed by atoms with E-state index < -0.39 is 12.1 Å². The molecule has 0 spiro atoms. The Labute approximate surface area is 194 Å². The number of carbonyl (C=O) groups excluding carboxylic acids is 3. The van der Waals surface area contributed by atoms with Gasteiger partial charge in [0.1, 0.15) is 11.5 Å². The number of rotatable bonds is 4. The van der Waals surface area contributed by atoms with Crippen LogP contribution in [0.1, 0.15) is 29.2 Å². The van der Waals surface area contributed by atoms with Crippen molar-refractivity contribution >= 4 is 40.3 Å². The molecule has 0 saturated carbocycles. The monoisotopic (exact) mass is 463 g/mol. The van der Waals surface area contributed by atoms with Crippen molar-refractivity contribution in [1.82, 2.24) is 4.98 Å². The van der Waals surface area contributed by atoms with E-state index in [0.29, 0.717) is 28.4 Å². The number of hydrogen-bond donors (Lipinski definition) is 1. The Morgan fingerprint density at radius 3 is 2.76 bits per heavy atom. The molecular formula is C24H21N3O5S. The van der Waals surface area contributed by atoms with Crippen molar-refractivity contribution in [3.8, 4) is 22.8 Å². The average molecular weight is 464 g/mol. The number of nitrogens with one attached hydrogen (secondary N) is 1. The fourth-order valence-corrected chi connectivity index (χ4v) is 4.59. The predicted molar refractivity (Wildman–Crippen MR) is 124 cm³/mol. The van der Waals surface area contributed by atoms with E-state index in [4.69, 9.17) is 9.47 Å². The van der Waals surface area contributed by atoms with Gasteiger partial charge in [-0.2, -0.15) is 0 Å². The van der Waals surface area contributed by atoms with Gasteiger partial charge in [-0.05, 0) is 57.2 Å². The minimum Gasteiger partial charge on any atom is -0.482 e. The number of aryl methyl sites for hydroxylation is 1. The summed E-state index contributed by atoms with van der Waals surface area (Å²) in [5.74, 6) is 0.190. The first-order chi connectivity index (χ1) is 15.8. The fraction of sp³-hybridized carbons (Fsp3) is 0.250. The van der Waals surface area contributed by atoms with Crippen LogP contribution in [0, 0.1) is 6.92 Å². The molecule has 168 valence electrons. The maximum atomic E-state index is 13.4. The van der Waals surface area contributed by atoms with Gasteiger partial charge < -0.3 is 14.8 Å². The van der Waals surface area contributed by atoms with Crippen LogP contribution < -0.4 is 19.7 Å². The van der Waals surface area contributed by atoms with Crippen molar-refractivity contribution in [1.29, 1.82) is 0 Å². The zero-order valence-electron chi connectivity index (χ0n) is 18.2. The summed E-state index contributed by atoms with van der Waals surface area (Å²) in [6.07, 6.45) is -0.601. The molecule has 5 rings (SSSR count). The number of thiazole rings is 1. The lowest BCUT2D eigenvalue weighted by atomic mass is 10.0. The SMILES string of the molecule is Cc1nc(-c2ccc3c(c2)N(C(C)C(=O)c2ccc4c(c2)NC(=O)C(C)O4)C(=O)CO3)cs1. The predicted octanol–water partition coefficient (Wildman–Crippen LogP) is 3.83. The van der Waals surface area contributed by atoms with E-state index in [-0.39, 0.29) is 24.2 Å². The van der Waals surface area contributed by atoms with Gasteiger partial charge in [0.15, 0.2) is 18.5 Å². The zero-order valence-corrected chi connectivity index (χ0v) is 19.1. The van der Waals surface area contributed by atoms with Crippen LogP contribution in [-0.4, -0.2) is 41.3 Å². The summed E-state index contributed by atoms with van der Waals surface area (Å²) < 4.78 is 11.2. The molecule has 9 heteroatoms. The summed E-state index contributed by atoms with van der Waals surface area (Å²) in [7, 11) is 0. The first-order valence-corrected chi connectivity index (χ1v) is 11.4. The molecule has 2 aliphatic heterocycles. The van der Waals surface area contributed by atoms with Crippen LogP contribution in [0.25, 0.3) is 11.3 Å². The van der Waals surface area contributed by atoms with Gasteiger partial charge in [0, 0.05) is 16.5 Å². The number of anilines is 2. The molecule has 33 heavy (non-hydrogen) atoms. The lowest BCUT2D eigenvalue weighted by Gasteiger charge is -2.33. The number of Topliss-reactive ketones (excluding diaryl/α,β-unsaturated/α-hetero) is 1. The highest BCUT2D eigenvalue weighted by Gasteiger charge is 2.34. The normalized spacial score (nSPS) is 17.9. The number of fused-ring (bicyclic) bond motifs is 2. The summed E-state index contributed by atoms with van der Waals surface area (Å²) in [4.78, 5) is 44.2. The third-order valence-electron chi connectivity index (χ3n) is 5.71. The largest absolute Gasteiger partial charge is 0.482 e. The third kappa shape index (κ3) is 3.74. The number of ether oxygens (including phenoxy) is 2. The molecule has 0 radical (unpaired) electrons. The quantitative estimate of drug-likeness (QED) is 0.591. The van der Waals surface area contributed by atoms with Gasteiger partial charge in [0.25, 0.3) is 11.8 Å². The van der Waals surface area contributed by atoms with Crippen molar-refractivity contribution in [3.63, 3.8) is 0 Å². The van der Waals surface area contributed by atoms with Crippen molar-refractivity contribution in [2.24, 2.45) is 0 Å².